The van der Waals surface area contributed by atoms with E-state index >= 15 is 0 Å². The second-order valence-electron chi connectivity index (χ2n) is 6.13. The monoisotopic (exact) mass is 413 g/mol. The fraction of sp³-hybridized carbons (Fsp3) is 0.143. The number of carbonyl (C=O) groups excluding carboxylic acids is 2. The molecule has 8 heteroatoms. The van der Waals surface area contributed by atoms with Crippen molar-refractivity contribution in [2.24, 2.45) is 0 Å². The number of benzene rings is 2. The third kappa shape index (κ3) is 4.07. The van der Waals surface area contributed by atoms with Crippen LogP contribution in [-0.4, -0.2) is 37.6 Å². The van der Waals surface area contributed by atoms with Crippen molar-refractivity contribution < 1.29 is 27.5 Å². The van der Waals surface area contributed by atoms with Gasteiger partial charge in [0.2, 0.25) is 0 Å². The Labute approximate surface area is 168 Å². The molecule has 0 aliphatic carbocycles. The van der Waals surface area contributed by atoms with Gasteiger partial charge in [-0.3, -0.25) is 9.10 Å². The van der Waals surface area contributed by atoms with Gasteiger partial charge in [-0.2, -0.15) is 0 Å². The maximum absolute atomic E-state index is 13.0. The molecule has 7 nitrogen and oxygen atoms in total. The number of fused-ring (bicyclic) bond motifs is 1. The van der Waals surface area contributed by atoms with Crippen LogP contribution in [0.4, 0.5) is 0 Å². The molecule has 0 fully saturated rings. The molecule has 0 saturated heterocycles. The predicted octanol–water partition coefficient (Wildman–Crippen LogP) is 2.76. The average molecular weight is 413 g/mol. The van der Waals surface area contributed by atoms with E-state index in [1.165, 1.54) is 25.1 Å². The molecule has 150 valence electrons. The highest BCUT2D eigenvalue weighted by atomic mass is 32.2. The van der Waals surface area contributed by atoms with Gasteiger partial charge in [-0.25, -0.2) is 13.2 Å². The molecule has 0 saturated carbocycles. The molecule has 0 radical (unpaired) electrons. The van der Waals surface area contributed by atoms with Crippen molar-refractivity contribution in [3.8, 4) is 5.75 Å². The summed E-state index contributed by atoms with van der Waals surface area (Å²) in [4.78, 5) is 24.7. The Morgan fingerprint density at radius 1 is 1.07 bits per heavy atom. The molecule has 0 spiro atoms. The first-order chi connectivity index (χ1) is 13.9. The summed E-state index contributed by atoms with van der Waals surface area (Å²) < 4.78 is 37.7. The molecule has 0 aromatic heterocycles. The first-order valence-corrected chi connectivity index (χ1v) is 10.2. The van der Waals surface area contributed by atoms with Gasteiger partial charge in [-0.15, -0.1) is 6.58 Å². The van der Waals surface area contributed by atoms with Gasteiger partial charge < -0.3 is 9.47 Å². The maximum atomic E-state index is 13.0. The number of rotatable bonds is 7. The van der Waals surface area contributed by atoms with E-state index in [0.29, 0.717) is 5.75 Å². The Kier molecular flexibility index (Phi) is 5.84. The number of para-hydroxylation sites is 1. The largest absolute Gasteiger partial charge is 0.482 e. The number of hydrogen-bond donors (Lipinski definition) is 0. The molecular weight excluding hydrogens is 394 g/mol. The van der Waals surface area contributed by atoms with Gasteiger partial charge in [0.25, 0.3) is 10.0 Å². The van der Waals surface area contributed by atoms with Crippen molar-refractivity contribution in [3.63, 3.8) is 0 Å². The molecule has 2 aromatic carbocycles. The van der Waals surface area contributed by atoms with Crippen LogP contribution < -0.4 is 4.74 Å². The van der Waals surface area contributed by atoms with Crippen molar-refractivity contribution in [1.29, 1.82) is 0 Å². The zero-order chi connectivity index (χ0) is 21.0. The fourth-order valence-corrected chi connectivity index (χ4v) is 4.59. The summed E-state index contributed by atoms with van der Waals surface area (Å²) in [5.41, 5.74) is -0.0808. The summed E-state index contributed by atoms with van der Waals surface area (Å²) >= 11 is 0. The van der Waals surface area contributed by atoms with E-state index in [1.54, 1.807) is 36.4 Å². The minimum absolute atomic E-state index is 0.0568. The molecule has 2 aromatic rings. The number of nitrogens with zero attached hydrogens (tertiary/aromatic N) is 1. The number of ether oxygens (including phenoxy) is 2. The zero-order valence-corrected chi connectivity index (χ0v) is 16.5. The predicted molar refractivity (Wildman–Crippen MR) is 106 cm³/mol. The van der Waals surface area contributed by atoms with E-state index in [4.69, 9.17) is 9.47 Å². The number of hydrogen-bond acceptors (Lipinski definition) is 6. The Balaban J connectivity index is 2.00. The van der Waals surface area contributed by atoms with Crippen LogP contribution >= 0.6 is 0 Å². The van der Waals surface area contributed by atoms with Gasteiger partial charge >= 0.3 is 5.97 Å². The molecule has 29 heavy (non-hydrogen) atoms. The van der Waals surface area contributed by atoms with Crippen LogP contribution in [0.3, 0.4) is 0 Å². The van der Waals surface area contributed by atoms with Crippen LogP contribution in [-0.2, 0) is 24.3 Å². The van der Waals surface area contributed by atoms with Gasteiger partial charge in [-0.05, 0) is 24.3 Å². The highest BCUT2D eigenvalue weighted by Gasteiger charge is 2.39. The van der Waals surface area contributed by atoms with E-state index in [-0.39, 0.29) is 28.5 Å². The van der Waals surface area contributed by atoms with Crippen molar-refractivity contribution in [2.75, 3.05) is 13.2 Å². The minimum Gasteiger partial charge on any atom is -0.482 e. The van der Waals surface area contributed by atoms with Crippen LogP contribution in [0.15, 0.2) is 77.8 Å². The molecule has 0 N–H and O–H groups in total. The van der Waals surface area contributed by atoms with E-state index < -0.39 is 28.4 Å². The lowest BCUT2D eigenvalue weighted by Gasteiger charge is -2.31. The smallest absolute Gasteiger partial charge is 0.349 e. The lowest BCUT2D eigenvalue weighted by atomic mass is 10.1. The van der Waals surface area contributed by atoms with Crippen molar-refractivity contribution in [2.45, 2.75) is 11.8 Å². The van der Waals surface area contributed by atoms with Crippen molar-refractivity contribution in [3.05, 3.63) is 78.5 Å². The normalized spacial score (nSPS) is 14.7. The van der Waals surface area contributed by atoms with Crippen molar-refractivity contribution in [1.82, 2.24) is 4.31 Å². The van der Waals surface area contributed by atoms with Crippen LogP contribution in [0.1, 0.15) is 12.5 Å². The molecule has 0 bridgehead atoms. The van der Waals surface area contributed by atoms with Gasteiger partial charge in [0.05, 0.1) is 11.4 Å². The number of Topliss-reactive ketones (excluding diaryl/α,β-unsaturated/α-hetero) is 1. The van der Waals surface area contributed by atoms with Crippen molar-refractivity contribution >= 4 is 27.5 Å². The number of ketones is 1. The highest BCUT2D eigenvalue weighted by molar-refractivity contribution is 7.89. The van der Waals surface area contributed by atoms with E-state index in [2.05, 4.69) is 6.58 Å². The van der Waals surface area contributed by atoms with Crippen LogP contribution in [0, 0.1) is 0 Å². The van der Waals surface area contributed by atoms with Gasteiger partial charge in [0.1, 0.15) is 11.4 Å². The standard InChI is InChI=1S/C21H19NO6S/c1-3-13-22-20(15(2)23)21(17-11-7-8-12-18(17)29(22,25)26)28-19(24)14-27-16-9-5-4-6-10-16/h3-12H,1,13-14H2,2H3. The summed E-state index contributed by atoms with van der Waals surface area (Å²) in [5, 5.41) is 0. The first-order valence-electron chi connectivity index (χ1n) is 8.73. The Morgan fingerprint density at radius 2 is 1.72 bits per heavy atom. The number of sulfonamides is 1. The maximum Gasteiger partial charge on any atom is 0.349 e. The molecule has 0 amide bonds. The first kappa shape index (κ1) is 20.3. The lowest BCUT2D eigenvalue weighted by Crippen LogP contribution is -2.38. The third-order valence-corrected chi connectivity index (χ3v) is 5.93. The van der Waals surface area contributed by atoms with Gasteiger partial charge in [0, 0.05) is 12.5 Å². The molecule has 0 unspecified atom stereocenters. The second kappa shape index (κ2) is 8.32. The lowest BCUT2D eigenvalue weighted by molar-refractivity contribution is -0.139. The van der Waals surface area contributed by atoms with Crippen LogP contribution in [0.2, 0.25) is 0 Å². The molecule has 1 heterocycles. The fourth-order valence-electron chi connectivity index (χ4n) is 2.91. The quantitative estimate of drug-likeness (QED) is 0.512. The van der Waals surface area contributed by atoms with E-state index in [1.807, 2.05) is 6.07 Å². The molecular formula is C21H19NO6S. The number of carbonyl (C=O) groups is 2. The second-order valence-corrected chi connectivity index (χ2v) is 7.96. The Bertz CT molecular complexity index is 1090. The summed E-state index contributed by atoms with van der Waals surface area (Å²) in [6.07, 6.45) is 1.35. The topological polar surface area (TPSA) is 90.0 Å². The van der Waals surface area contributed by atoms with E-state index in [0.717, 1.165) is 4.31 Å². The summed E-state index contributed by atoms with van der Waals surface area (Å²) in [6, 6.07) is 14.7. The van der Waals surface area contributed by atoms with Crippen LogP contribution in [0.5, 0.6) is 5.75 Å². The zero-order valence-electron chi connectivity index (χ0n) is 15.7. The average Bonchev–Trinajstić information content (AvgIpc) is 2.71. The molecule has 1 aliphatic heterocycles. The third-order valence-electron chi connectivity index (χ3n) is 4.11. The molecule has 3 rings (SSSR count). The van der Waals surface area contributed by atoms with Gasteiger partial charge in [-0.1, -0.05) is 36.4 Å². The summed E-state index contributed by atoms with van der Waals surface area (Å²) in [6.45, 7) is 4.21. The van der Waals surface area contributed by atoms with E-state index in [9.17, 15) is 18.0 Å². The molecule has 0 atom stereocenters. The van der Waals surface area contributed by atoms with Gasteiger partial charge in [0.15, 0.2) is 18.1 Å². The summed E-state index contributed by atoms with van der Waals surface area (Å²) in [5.74, 6) is -0.969. The minimum atomic E-state index is -4.00. The molecule has 1 aliphatic rings. The van der Waals surface area contributed by atoms with Crippen LogP contribution in [0.25, 0.3) is 5.76 Å². The Morgan fingerprint density at radius 3 is 2.38 bits per heavy atom. The Hall–Kier alpha value is -3.39. The SMILES string of the molecule is C=CCN1C(C(C)=O)=C(OC(=O)COc2ccccc2)c2ccccc2S1(=O)=O. The number of esters is 1. The summed E-state index contributed by atoms with van der Waals surface area (Å²) in [7, 11) is -4.00. The number of allylic oxidation sites excluding steroid dienone is 1. The highest BCUT2D eigenvalue weighted by Crippen LogP contribution is 2.37.